The SMILES string of the molecule is Cc1ccc(CC(=O)Nc2nnc(-c3ccc4c(c3)CCCC4)o2)cc1C. The quantitative estimate of drug-likeness (QED) is 0.747. The van der Waals surface area contributed by atoms with E-state index < -0.39 is 0 Å². The average molecular weight is 361 g/mol. The summed E-state index contributed by atoms with van der Waals surface area (Å²) in [6.07, 6.45) is 4.98. The summed E-state index contributed by atoms with van der Waals surface area (Å²) >= 11 is 0. The lowest BCUT2D eigenvalue weighted by Crippen LogP contribution is -2.14. The van der Waals surface area contributed by atoms with Crippen LogP contribution in [0.25, 0.3) is 11.5 Å². The van der Waals surface area contributed by atoms with Gasteiger partial charge in [-0.3, -0.25) is 10.1 Å². The number of aryl methyl sites for hydroxylation is 4. The van der Waals surface area contributed by atoms with Crippen LogP contribution in [0.3, 0.4) is 0 Å². The van der Waals surface area contributed by atoms with Crippen LogP contribution in [-0.4, -0.2) is 16.1 Å². The van der Waals surface area contributed by atoms with Crippen LogP contribution < -0.4 is 5.32 Å². The molecule has 1 aliphatic rings. The molecule has 0 spiro atoms. The van der Waals surface area contributed by atoms with Crippen molar-refractivity contribution < 1.29 is 9.21 Å². The van der Waals surface area contributed by atoms with E-state index in [2.05, 4.69) is 34.6 Å². The number of carbonyl (C=O) groups excluding carboxylic acids is 1. The lowest BCUT2D eigenvalue weighted by atomic mass is 9.90. The van der Waals surface area contributed by atoms with E-state index in [0.29, 0.717) is 5.89 Å². The second kappa shape index (κ2) is 7.35. The number of carbonyl (C=O) groups is 1. The van der Waals surface area contributed by atoms with E-state index in [0.717, 1.165) is 24.0 Å². The highest BCUT2D eigenvalue weighted by Crippen LogP contribution is 2.27. The van der Waals surface area contributed by atoms with Crippen LogP contribution in [0.4, 0.5) is 6.01 Å². The molecule has 5 heteroatoms. The number of amides is 1. The van der Waals surface area contributed by atoms with Gasteiger partial charge in [-0.2, -0.15) is 0 Å². The number of aromatic nitrogens is 2. The van der Waals surface area contributed by atoms with Crippen LogP contribution in [0.2, 0.25) is 0 Å². The van der Waals surface area contributed by atoms with Gasteiger partial charge in [-0.1, -0.05) is 29.4 Å². The Morgan fingerprint density at radius 1 is 1.00 bits per heavy atom. The lowest BCUT2D eigenvalue weighted by Gasteiger charge is -2.15. The van der Waals surface area contributed by atoms with Crippen LogP contribution in [0.1, 0.15) is 40.7 Å². The number of nitrogens with one attached hydrogen (secondary N) is 1. The Morgan fingerprint density at radius 3 is 2.63 bits per heavy atom. The van der Waals surface area contributed by atoms with E-state index >= 15 is 0 Å². The average Bonchev–Trinajstić information content (AvgIpc) is 3.12. The molecule has 1 amide bonds. The third kappa shape index (κ3) is 3.92. The number of nitrogens with zero attached hydrogens (tertiary/aromatic N) is 2. The first kappa shape index (κ1) is 17.5. The number of hydrogen-bond acceptors (Lipinski definition) is 4. The molecular formula is C22H23N3O2. The molecule has 0 radical (unpaired) electrons. The highest BCUT2D eigenvalue weighted by molar-refractivity contribution is 5.90. The number of hydrogen-bond donors (Lipinski definition) is 1. The molecule has 27 heavy (non-hydrogen) atoms. The molecule has 0 bridgehead atoms. The smallest absolute Gasteiger partial charge is 0.322 e. The summed E-state index contributed by atoms with van der Waals surface area (Å²) in [5.41, 5.74) is 7.02. The molecule has 0 unspecified atom stereocenters. The second-order valence-electron chi connectivity index (χ2n) is 7.25. The van der Waals surface area contributed by atoms with Gasteiger partial charge in [-0.05, 0) is 79.5 Å². The number of fused-ring (bicyclic) bond motifs is 1. The first-order valence-corrected chi connectivity index (χ1v) is 9.40. The van der Waals surface area contributed by atoms with Crippen LogP contribution in [0.15, 0.2) is 40.8 Å². The summed E-state index contributed by atoms with van der Waals surface area (Å²) in [5, 5.41) is 10.8. The van der Waals surface area contributed by atoms with Crippen molar-refractivity contribution in [3.8, 4) is 11.5 Å². The van der Waals surface area contributed by atoms with Gasteiger partial charge in [0.2, 0.25) is 11.8 Å². The fourth-order valence-electron chi connectivity index (χ4n) is 3.52. The topological polar surface area (TPSA) is 68.0 Å². The third-order valence-corrected chi connectivity index (χ3v) is 5.20. The molecule has 1 heterocycles. The highest BCUT2D eigenvalue weighted by Gasteiger charge is 2.15. The molecule has 2 aromatic carbocycles. The van der Waals surface area contributed by atoms with Gasteiger partial charge in [-0.25, -0.2) is 0 Å². The van der Waals surface area contributed by atoms with Gasteiger partial charge in [0.15, 0.2) is 0 Å². The second-order valence-corrected chi connectivity index (χ2v) is 7.25. The first-order chi connectivity index (χ1) is 13.1. The Hall–Kier alpha value is -2.95. The summed E-state index contributed by atoms with van der Waals surface area (Å²) in [5.74, 6) is 0.267. The zero-order chi connectivity index (χ0) is 18.8. The Kier molecular flexibility index (Phi) is 4.75. The maximum Gasteiger partial charge on any atom is 0.322 e. The molecule has 0 atom stereocenters. The molecule has 0 saturated carbocycles. The third-order valence-electron chi connectivity index (χ3n) is 5.20. The Bertz CT molecular complexity index is 991. The maximum atomic E-state index is 12.3. The van der Waals surface area contributed by atoms with Crippen molar-refractivity contribution in [3.63, 3.8) is 0 Å². The minimum Gasteiger partial charge on any atom is -0.403 e. The molecule has 1 aromatic heterocycles. The van der Waals surface area contributed by atoms with E-state index in [1.165, 1.54) is 35.1 Å². The van der Waals surface area contributed by atoms with Gasteiger partial charge in [0.1, 0.15) is 0 Å². The van der Waals surface area contributed by atoms with Crippen LogP contribution in [0, 0.1) is 13.8 Å². The highest BCUT2D eigenvalue weighted by atomic mass is 16.4. The van der Waals surface area contributed by atoms with Crippen LogP contribution in [-0.2, 0) is 24.1 Å². The normalized spacial score (nSPS) is 13.3. The molecule has 5 nitrogen and oxygen atoms in total. The standard InChI is InChI=1S/C22H23N3O2/c1-14-7-8-16(11-15(14)2)12-20(26)23-22-25-24-21(27-22)19-10-9-17-5-3-4-6-18(17)13-19/h7-11,13H,3-6,12H2,1-2H3,(H,23,25,26). The van der Waals surface area contributed by atoms with E-state index in [-0.39, 0.29) is 18.3 Å². The molecule has 0 fully saturated rings. The Balaban J connectivity index is 1.44. The van der Waals surface area contributed by atoms with E-state index in [4.69, 9.17) is 4.42 Å². The molecule has 1 N–H and O–H groups in total. The molecule has 0 saturated heterocycles. The van der Waals surface area contributed by atoms with Gasteiger partial charge in [0.05, 0.1) is 6.42 Å². The van der Waals surface area contributed by atoms with Crippen molar-refractivity contribution >= 4 is 11.9 Å². The largest absolute Gasteiger partial charge is 0.403 e. The van der Waals surface area contributed by atoms with Crippen molar-refractivity contribution in [1.29, 1.82) is 0 Å². The maximum absolute atomic E-state index is 12.3. The minimum atomic E-state index is -0.168. The lowest BCUT2D eigenvalue weighted by molar-refractivity contribution is -0.115. The predicted molar refractivity (Wildman–Crippen MR) is 105 cm³/mol. The fourth-order valence-corrected chi connectivity index (χ4v) is 3.52. The van der Waals surface area contributed by atoms with Gasteiger partial charge < -0.3 is 4.42 Å². The number of rotatable bonds is 4. The summed E-state index contributed by atoms with van der Waals surface area (Å²) in [6, 6.07) is 12.4. The van der Waals surface area contributed by atoms with E-state index in [1.54, 1.807) is 0 Å². The Morgan fingerprint density at radius 2 is 1.81 bits per heavy atom. The first-order valence-electron chi connectivity index (χ1n) is 9.40. The van der Waals surface area contributed by atoms with Crippen molar-refractivity contribution in [2.24, 2.45) is 0 Å². The summed E-state index contributed by atoms with van der Waals surface area (Å²) in [4.78, 5) is 12.3. The van der Waals surface area contributed by atoms with E-state index in [1.807, 2.05) is 31.2 Å². The number of benzene rings is 2. The van der Waals surface area contributed by atoms with E-state index in [9.17, 15) is 4.79 Å². The molecule has 3 aromatic rings. The van der Waals surface area contributed by atoms with Crippen molar-refractivity contribution in [2.75, 3.05) is 5.32 Å². The van der Waals surface area contributed by atoms with Gasteiger partial charge in [-0.15, -0.1) is 5.10 Å². The minimum absolute atomic E-state index is 0.136. The monoisotopic (exact) mass is 361 g/mol. The van der Waals surface area contributed by atoms with Crippen LogP contribution >= 0.6 is 0 Å². The molecule has 4 rings (SSSR count). The summed E-state index contributed by atoms with van der Waals surface area (Å²) < 4.78 is 5.66. The predicted octanol–water partition coefficient (Wildman–Crippen LogP) is 4.41. The van der Waals surface area contributed by atoms with Gasteiger partial charge in [0.25, 0.3) is 0 Å². The van der Waals surface area contributed by atoms with Crippen molar-refractivity contribution in [2.45, 2.75) is 46.0 Å². The Labute approximate surface area is 158 Å². The number of anilines is 1. The fraction of sp³-hybridized carbons (Fsp3) is 0.318. The molecular weight excluding hydrogens is 338 g/mol. The zero-order valence-corrected chi connectivity index (χ0v) is 15.7. The van der Waals surface area contributed by atoms with Gasteiger partial charge in [0, 0.05) is 5.56 Å². The summed E-state index contributed by atoms with van der Waals surface area (Å²) in [6.45, 7) is 4.10. The summed E-state index contributed by atoms with van der Waals surface area (Å²) in [7, 11) is 0. The molecule has 0 aliphatic heterocycles. The van der Waals surface area contributed by atoms with Crippen molar-refractivity contribution in [3.05, 3.63) is 64.2 Å². The molecule has 1 aliphatic carbocycles. The zero-order valence-electron chi connectivity index (χ0n) is 15.7. The molecule has 138 valence electrons. The van der Waals surface area contributed by atoms with Crippen molar-refractivity contribution in [1.82, 2.24) is 10.2 Å². The van der Waals surface area contributed by atoms with Crippen LogP contribution in [0.5, 0.6) is 0 Å². The van der Waals surface area contributed by atoms with Gasteiger partial charge >= 0.3 is 6.01 Å².